The highest BCUT2D eigenvalue weighted by Gasteiger charge is 2.12. The fraction of sp³-hybridized carbons (Fsp3) is 0.0476. The first kappa shape index (κ1) is 16.5. The van der Waals surface area contributed by atoms with E-state index >= 15 is 0 Å². The lowest BCUT2D eigenvalue weighted by Crippen LogP contribution is -2.12. The molecule has 0 bridgehead atoms. The summed E-state index contributed by atoms with van der Waals surface area (Å²) >= 11 is 0. The number of hydrogen-bond donors (Lipinski definition) is 2. The molecule has 0 saturated heterocycles. The minimum absolute atomic E-state index is 0.0345. The van der Waals surface area contributed by atoms with Crippen LogP contribution in [0.15, 0.2) is 66.7 Å². The quantitative estimate of drug-likeness (QED) is 0.754. The second-order valence-corrected chi connectivity index (χ2v) is 5.92. The van der Waals surface area contributed by atoms with Gasteiger partial charge in [-0.15, -0.1) is 0 Å². The molecule has 3 rings (SSSR count). The number of carboxylic acids is 1. The van der Waals surface area contributed by atoms with Crippen LogP contribution in [-0.4, -0.2) is 17.0 Å². The van der Waals surface area contributed by atoms with E-state index in [0.717, 1.165) is 22.3 Å². The maximum absolute atomic E-state index is 11.5. The second kappa shape index (κ2) is 6.61. The largest absolute Gasteiger partial charge is 0.478 e. The van der Waals surface area contributed by atoms with Crippen molar-refractivity contribution >= 4 is 11.9 Å². The van der Waals surface area contributed by atoms with Crippen LogP contribution in [0.1, 0.15) is 26.3 Å². The van der Waals surface area contributed by atoms with Crippen molar-refractivity contribution in [2.45, 2.75) is 6.92 Å². The molecule has 25 heavy (non-hydrogen) atoms. The predicted molar refractivity (Wildman–Crippen MR) is 97.5 cm³/mol. The first-order valence-electron chi connectivity index (χ1n) is 7.80. The minimum atomic E-state index is -1.10. The lowest BCUT2D eigenvalue weighted by molar-refractivity contribution is 0.0697. The van der Waals surface area contributed by atoms with Gasteiger partial charge in [0.15, 0.2) is 0 Å². The summed E-state index contributed by atoms with van der Waals surface area (Å²) in [4.78, 5) is 22.8. The van der Waals surface area contributed by atoms with E-state index in [0.29, 0.717) is 5.56 Å². The Bertz CT molecular complexity index is 944. The number of nitrogens with two attached hydrogens (primary N) is 1. The van der Waals surface area contributed by atoms with Crippen LogP contribution in [0.3, 0.4) is 0 Å². The minimum Gasteiger partial charge on any atom is -0.478 e. The molecule has 0 aliphatic rings. The number of hydrogen-bond acceptors (Lipinski definition) is 2. The van der Waals surface area contributed by atoms with Crippen molar-refractivity contribution in [2.75, 3.05) is 0 Å². The van der Waals surface area contributed by atoms with Crippen molar-refractivity contribution in [3.63, 3.8) is 0 Å². The number of carbonyl (C=O) groups is 2. The summed E-state index contributed by atoms with van der Waals surface area (Å²) in [5.41, 5.74) is 10.3. The van der Waals surface area contributed by atoms with Gasteiger partial charge in [-0.25, -0.2) is 4.79 Å². The number of rotatable bonds is 4. The summed E-state index contributed by atoms with van der Waals surface area (Å²) in [5.74, 6) is -1.75. The zero-order valence-electron chi connectivity index (χ0n) is 13.7. The zero-order valence-corrected chi connectivity index (χ0v) is 13.7. The van der Waals surface area contributed by atoms with Crippen molar-refractivity contribution in [3.8, 4) is 22.3 Å². The van der Waals surface area contributed by atoms with Gasteiger partial charge in [0.2, 0.25) is 5.91 Å². The van der Waals surface area contributed by atoms with Crippen molar-refractivity contribution in [1.29, 1.82) is 0 Å². The SMILES string of the molecule is Cc1cccc(-c2cccc(-c3cc(C(N)=O)cc(C(=O)O)c3)c2)c1. The summed E-state index contributed by atoms with van der Waals surface area (Å²) < 4.78 is 0. The van der Waals surface area contributed by atoms with E-state index in [1.807, 2.05) is 49.4 Å². The number of aromatic carboxylic acids is 1. The van der Waals surface area contributed by atoms with Crippen LogP contribution < -0.4 is 5.73 Å². The third-order valence-electron chi connectivity index (χ3n) is 4.01. The maximum Gasteiger partial charge on any atom is 0.335 e. The van der Waals surface area contributed by atoms with Gasteiger partial charge in [0, 0.05) is 5.56 Å². The van der Waals surface area contributed by atoms with E-state index < -0.39 is 11.9 Å². The highest BCUT2D eigenvalue weighted by Crippen LogP contribution is 2.28. The van der Waals surface area contributed by atoms with Gasteiger partial charge in [-0.3, -0.25) is 4.79 Å². The zero-order chi connectivity index (χ0) is 18.0. The molecule has 0 saturated carbocycles. The lowest BCUT2D eigenvalue weighted by atomic mass is 9.95. The molecule has 0 radical (unpaired) electrons. The second-order valence-electron chi connectivity index (χ2n) is 5.92. The van der Waals surface area contributed by atoms with Gasteiger partial charge in [0.1, 0.15) is 0 Å². The first-order chi connectivity index (χ1) is 11.9. The van der Waals surface area contributed by atoms with Gasteiger partial charge < -0.3 is 10.8 Å². The van der Waals surface area contributed by atoms with Crippen LogP contribution in [0, 0.1) is 6.92 Å². The van der Waals surface area contributed by atoms with Gasteiger partial charge in [-0.05, 0) is 53.4 Å². The third-order valence-corrected chi connectivity index (χ3v) is 4.01. The number of amides is 1. The molecule has 0 spiro atoms. The topological polar surface area (TPSA) is 80.4 Å². The van der Waals surface area contributed by atoms with E-state index in [1.54, 1.807) is 12.1 Å². The number of aryl methyl sites for hydroxylation is 1. The summed E-state index contributed by atoms with van der Waals surface area (Å²) in [6, 6.07) is 20.3. The van der Waals surface area contributed by atoms with Crippen molar-refractivity contribution in [2.24, 2.45) is 5.73 Å². The molecule has 3 aromatic carbocycles. The monoisotopic (exact) mass is 331 g/mol. The molecule has 3 aromatic rings. The predicted octanol–water partition coefficient (Wildman–Crippen LogP) is 4.13. The molecule has 0 aromatic heterocycles. The molecular formula is C21H17NO3. The summed E-state index contributed by atoms with van der Waals surface area (Å²) in [6.07, 6.45) is 0. The Labute approximate surface area is 145 Å². The van der Waals surface area contributed by atoms with Crippen molar-refractivity contribution in [1.82, 2.24) is 0 Å². The smallest absolute Gasteiger partial charge is 0.335 e. The summed E-state index contributed by atoms with van der Waals surface area (Å²) in [6.45, 7) is 2.03. The van der Waals surface area contributed by atoms with Crippen molar-refractivity contribution < 1.29 is 14.7 Å². The molecule has 0 aliphatic heterocycles. The number of benzene rings is 3. The maximum atomic E-state index is 11.5. The van der Waals surface area contributed by atoms with Gasteiger partial charge in [0.25, 0.3) is 0 Å². The molecule has 0 unspecified atom stereocenters. The molecule has 3 N–H and O–H groups in total. The molecule has 0 atom stereocenters. The first-order valence-corrected chi connectivity index (χ1v) is 7.80. The van der Waals surface area contributed by atoms with Crippen LogP contribution in [-0.2, 0) is 0 Å². The fourth-order valence-corrected chi connectivity index (χ4v) is 2.76. The molecule has 4 heteroatoms. The molecule has 4 nitrogen and oxygen atoms in total. The van der Waals surface area contributed by atoms with Crippen LogP contribution in [0.4, 0.5) is 0 Å². The van der Waals surface area contributed by atoms with E-state index in [9.17, 15) is 14.7 Å². The summed E-state index contributed by atoms with van der Waals surface area (Å²) in [5, 5.41) is 9.27. The highest BCUT2D eigenvalue weighted by atomic mass is 16.4. The van der Waals surface area contributed by atoms with Gasteiger partial charge in [-0.1, -0.05) is 48.0 Å². The number of carboxylic acid groups (broad SMARTS) is 1. The molecule has 0 aliphatic carbocycles. The van der Waals surface area contributed by atoms with Gasteiger partial charge >= 0.3 is 5.97 Å². The Morgan fingerprint density at radius 1 is 0.760 bits per heavy atom. The summed E-state index contributed by atoms with van der Waals surface area (Å²) in [7, 11) is 0. The van der Waals surface area contributed by atoms with Crippen LogP contribution in [0.5, 0.6) is 0 Å². The Kier molecular flexibility index (Phi) is 4.35. The normalized spacial score (nSPS) is 10.4. The molecule has 0 fully saturated rings. The Balaban J connectivity index is 2.12. The van der Waals surface area contributed by atoms with Crippen LogP contribution in [0.2, 0.25) is 0 Å². The average molecular weight is 331 g/mol. The van der Waals surface area contributed by atoms with Gasteiger partial charge in [-0.2, -0.15) is 0 Å². The Morgan fingerprint density at radius 2 is 1.32 bits per heavy atom. The molecular weight excluding hydrogens is 314 g/mol. The third kappa shape index (κ3) is 3.58. The Morgan fingerprint density at radius 3 is 1.92 bits per heavy atom. The van der Waals surface area contributed by atoms with Crippen LogP contribution >= 0.6 is 0 Å². The van der Waals surface area contributed by atoms with E-state index in [2.05, 4.69) is 6.07 Å². The lowest BCUT2D eigenvalue weighted by Gasteiger charge is -2.09. The molecule has 124 valence electrons. The van der Waals surface area contributed by atoms with E-state index in [1.165, 1.54) is 6.07 Å². The standard InChI is InChI=1S/C21H17NO3/c1-13-4-2-5-14(8-13)15-6-3-7-16(9-15)17-10-18(20(22)23)12-19(11-17)21(24)25/h2-12H,1H3,(H2,22,23)(H,24,25). The Hall–Kier alpha value is -3.40. The van der Waals surface area contributed by atoms with Crippen LogP contribution in [0.25, 0.3) is 22.3 Å². The van der Waals surface area contributed by atoms with Gasteiger partial charge in [0.05, 0.1) is 5.56 Å². The molecule has 1 amide bonds. The molecule has 0 heterocycles. The fourth-order valence-electron chi connectivity index (χ4n) is 2.76. The van der Waals surface area contributed by atoms with E-state index in [-0.39, 0.29) is 11.1 Å². The average Bonchev–Trinajstić information content (AvgIpc) is 2.61. The number of carbonyl (C=O) groups excluding carboxylic acids is 1. The van der Waals surface area contributed by atoms with E-state index in [4.69, 9.17) is 5.73 Å². The highest BCUT2D eigenvalue weighted by molar-refractivity contribution is 5.98. The number of primary amides is 1. The van der Waals surface area contributed by atoms with Crippen molar-refractivity contribution in [3.05, 3.63) is 83.4 Å².